The summed E-state index contributed by atoms with van der Waals surface area (Å²) in [5.74, 6) is 0.192. The van der Waals surface area contributed by atoms with Gasteiger partial charge in [0.05, 0.1) is 0 Å². The summed E-state index contributed by atoms with van der Waals surface area (Å²) in [5, 5.41) is 9.36. The standard InChI is InChI=1S/C13H17FO/c1-13(2,8-15)11-7-6-10-9(11)4-3-5-12(10)14/h3-5,11,15H,6-8H2,1-2H3. The second kappa shape index (κ2) is 3.60. The van der Waals surface area contributed by atoms with Crippen LogP contribution < -0.4 is 0 Å². The zero-order valence-corrected chi connectivity index (χ0v) is 9.26. The van der Waals surface area contributed by atoms with Crippen molar-refractivity contribution in [3.05, 3.63) is 35.1 Å². The molecule has 1 N–H and O–H groups in total. The van der Waals surface area contributed by atoms with Gasteiger partial charge in [0.1, 0.15) is 5.82 Å². The van der Waals surface area contributed by atoms with Crippen molar-refractivity contribution in [1.29, 1.82) is 0 Å². The van der Waals surface area contributed by atoms with Crippen LogP contribution in [-0.2, 0) is 6.42 Å². The predicted octanol–water partition coefficient (Wildman–Crippen LogP) is 2.87. The molecule has 0 radical (unpaired) electrons. The van der Waals surface area contributed by atoms with Crippen molar-refractivity contribution in [2.45, 2.75) is 32.6 Å². The average Bonchev–Trinajstić information content (AvgIpc) is 2.63. The first-order chi connectivity index (χ1) is 7.06. The van der Waals surface area contributed by atoms with Crippen molar-refractivity contribution in [3.8, 4) is 0 Å². The van der Waals surface area contributed by atoms with Gasteiger partial charge in [0.15, 0.2) is 0 Å². The Morgan fingerprint density at radius 1 is 1.47 bits per heavy atom. The molecular weight excluding hydrogens is 191 g/mol. The molecule has 2 rings (SSSR count). The molecule has 15 heavy (non-hydrogen) atoms. The van der Waals surface area contributed by atoms with Gasteiger partial charge in [-0.15, -0.1) is 0 Å². The van der Waals surface area contributed by atoms with Crippen LogP contribution >= 0.6 is 0 Å². The fourth-order valence-corrected chi connectivity index (χ4v) is 2.53. The Morgan fingerprint density at radius 3 is 2.87 bits per heavy atom. The van der Waals surface area contributed by atoms with Crippen LogP contribution in [0.15, 0.2) is 18.2 Å². The van der Waals surface area contributed by atoms with Gasteiger partial charge >= 0.3 is 0 Å². The number of hydrogen-bond donors (Lipinski definition) is 1. The van der Waals surface area contributed by atoms with Crippen molar-refractivity contribution in [2.24, 2.45) is 5.41 Å². The molecule has 1 aromatic carbocycles. The minimum Gasteiger partial charge on any atom is -0.396 e. The molecule has 0 aromatic heterocycles. The molecule has 2 heteroatoms. The van der Waals surface area contributed by atoms with E-state index >= 15 is 0 Å². The number of aliphatic hydroxyl groups excluding tert-OH is 1. The van der Waals surface area contributed by atoms with Gasteiger partial charge in [-0.3, -0.25) is 0 Å². The third kappa shape index (κ3) is 1.67. The van der Waals surface area contributed by atoms with Crippen LogP contribution in [0.3, 0.4) is 0 Å². The average molecular weight is 208 g/mol. The van der Waals surface area contributed by atoms with Crippen LogP contribution in [0.5, 0.6) is 0 Å². The second-order valence-electron chi connectivity index (χ2n) is 5.05. The van der Waals surface area contributed by atoms with E-state index in [4.69, 9.17) is 0 Å². The van der Waals surface area contributed by atoms with Gasteiger partial charge in [0.25, 0.3) is 0 Å². The molecule has 82 valence electrons. The van der Waals surface area contributed by atoms with Gasteiger partial charge in [-0.05, 0) is 41.4 Å². The largest absolute Gasteiger partial charge is 0.396 e. The van der Waals surface area contributed by atoms with Gasteiger partial charge in [-0.1, -0.05) is 26.0 Å². The molecule has 1 unspecified atom stereocenters. The monoisotopic (exact) mass is 208 g/mol. The van der Waals surface area contributed by atoms with E-state index in [0.29, 0.717) is 0 Å². The third-order valence-electron chi connectivity index (χ3n) is 3.56. The molecular formula is C13H17FO. The van der Waals surface area contributed by atoms with Crippen molar-refractivity contribution < 1.29 is 9.50 Å². The fourth-order valence-electron chi connectivity index (χ4n) is 2.53. The molecule has 0 bridgehead atoms. The van der Waals surface area contributed by atoms with E-state index in [1.807, 2.05) is 19.9 Å². The molecule has 0 fully saturated rings. The van der Waals surface area contributed by atoms with E-state index < -0.39 is 0 Å². The highest BCUT2D eigenvalue weighted by molar-refractivity contribution is 5.37. The maximum Gasteiger partial charge on any atom is 0.126 e. The Morgan fingerprint density at radius 2 is 2.20 bits per heavy atom. The highest BCUT2D eigenvalue weighted by Crippen LogP contribution is 2.45. The molecule has 1 aromatic rings. The summed E-state index contributed by atoms with van der Waals surface area (Å²) in [6, 6.07) is 5.28. The van der Waals surface area contributed by atoms with Crippen LogP contribution in [0, 0.1) is 11.2 Å². The smallest absolute Gasteiger partial charge is 0.126 e. The maximum absolute atomic E-state index is 13.5. The first-order valence-electron chi connectivity index (χ1n) is 5.44. The maximum atomic E-state index is 13.5. The molecule has 1 nitrogen and oxygen atoms in total. The van der Waals surface area contributed by atoms with Gasteiger partial charge in [0.2, 0.25) is 0 Å². The topological polar surface area (TPSA) is 20.2 Å². The number of benzene rings is 1. The van der Waals surface area contributed by atoms with Crippen LogP contribution in [0.25, 0.3) is 0 Å². The summed E-state index contributed by atoms with van der Waals surface area (Å²) < 4.78 is 13.5. The SMILES string of the molecule is CC(C)(CO)C1CCc2c(F)cccc21. The third-order valence-corrected chi connectivity index (χ3v) is 3.56. The zero-order valence-electron chi connectivity index (χ0n) is 9.26. The van der Waals surface area contributed by atoms with Crippen molar-refractivity contribution >= 4 is 0 Å². The zero-order chi connectivity index (χ0) is 11.1. The lowest BCUT2D eigenvalue weighted by atomic mass is 9.76. The summed E-state index contributed by atoms with van der Waals surface area (Å²) in [4.78, 5) is 0. The minimum absolute atomic E-state index is 0.0938. The Labute approximate surface area is 89.9 Å². The first kappa shape index (κ1) is 10.6. The van der Waals surface area contributed by atoms with Crippen LogP contribution in [0.4, 0.5) is 4.39 Å². The van der Waals surface area contributed by atoms with E-state index in [1.54, 1.807) is 6.07 Å². The van der Waals surface area contributed by atoms with E-state index in [-0.39, 0.29) is 23.8 Å². The lowest BCUT2D eigenvalue weighted by Gasteiger charge is -2.30. The Bertz CT molecular complexity index is 371. The van der Waals surface area contributed by atoms with Crippen molar-refractivity contribution in [3.63, 3.8) is 0 Å². The van der Waals surface area contributed by atoms with E-state index in [9.17, 15) is 9.50 Å². The highest BCUT2D eigenvalue weighted by atomic mass is 19.1. The van der Waals surface area contributed by atoms with E-state index in [0.717, 1.165) is 24.0 Å². The van der Waals surface area contributed by atoms with Crippen molar-refractivity contribution in [1.82, 2.24) is 0 Å². The predicted molar refractivity (Wildman–Crippen MR) is 58.3 cm³/mol. The molecule has 0 heterocycles. The number of halogens is 1. The minimum atomic E-state index is -0.154. The Kier molecular flexibility index (Phi) is 2.55. The molecule has 0 amide bonds. The number of aliphatic hydroxyl groups is 1. The lowest BCUT2D eigenvalue weighted by Crippen LogP contribution is -2.24. The van der Waals surface area contributed by atoms with Gasteiger partial charge in [-0.25, -0.2) is 4.39 Å². The summed E-state index contributed by atoms with van der Waals surface area (Å²) in [6.07, 6.45) is 1.75. The number of rotatable bonds is 2. The quantitative estimate of drug-likeness (QED) is 0.792. The first-order valence-corrected chi connectivity index (χ1v) is 5.44. The Hall–Kier alpha value is -0.890. The summed E-state index contributed by atoms with van der Waals surface area (Å²) in [7, 11) is 0. The summed E-state index contributed by atoms with van der Waals surface area (Å²) in [5.41, 5.74) is 1.79. The highest BCUT2D eigenvalue weighted by Gasteiger charge is 2.35. The molecule has 0 spiro atoms. The second-order valence-corrected chi connectivity index (χ2v) is 5.05. The van der Waals surface area contributed by atoms with Gasteiger partial charge in [0, 0.05) is 6.61 Å². The fraction of sp³-hybridized carbons (Fsp3) is 0.538. The number of hydrogen-bond acceptors (Lipinski definition) is 1. The summed E-state index contributed by atoms with van der Waals surface area (Å²) >= 11 is 0. The molecule has 0 saturated heterocycles. The van der Waals surface area contributed by atoms with Crippen LogP contribution in [-0.4, -0.2) is 11.7 Å². The summed E-state index contributed by atoms with van der Waals surface area (Å²) in [6.45, 7) is 4.23. The van der Waals surface area contributed by atoms with E-state index in [2.05, 4.69) is 0 Å². The van der Waals surface area contributed by atoms with Crippen molar-refractivity contribution in [2.75, 3.05) is 6.61 Å². The molecule has 0 aliphatic heterocycles. The molecule has 1 aliphatic carbocycles. The van der Waals surface area contributed by atoms with Gasteiger partial charge in [-0.2, -0.15) is 0 Å². The Balaban J connectivity index is 2.41. The van der Waals surface area contributed by atoms with Gasteiger partial charge < -0.3 is 5.11 Å². The van der Waals surface area contributed by atoms with E-state index in [1.165, 1.54) is 6.07 Å². The number of fused-ring (bicyclic) bond motifs is 1. The van der Waals surface area contributed by atoms with Crippen LogP contribution in [0.2, 0.25) is 0 Å². The van der Waals surface area contributed by atoms with Crippen LogP contribution in [0.1, 0.15) is 37.3 Å². The molecule has 1 atom stereocenters. The molecule has 1 aliphatic rings. The molecule has 0 saturated carbocycles. The lowest BCUT2D eigenvalue weighted by molar-refractivity contribution is 0.130. The normalized spacial score (nSPS) is 20.4.